The molecule has 458 valence electrons. The van der Waals surface area contributed by atoms with Gasteiger partial charge in [0.2, 0.25) is 0 Å². The Morgan fingerprint density at radius 1 is 0.259 bits per heavy atom. The summed E-state index contributed by atoms with van der Waals surface area (Å²) in [6.45, 7) is 6.38. The molecule has 0 N–H and O–H groups in total. The van der Waals surface area contributed by atoms with Crippen LogP contribution in [0.3, 0.4) is 0 Å². The quantitative estimate of drug-likeness (QED) is 0.0261. The van der Waals surface area contributed by atoms with Gasteiger partial charge in [0.15, 0.2) is 6.10 Å². The first-order valence-corrected chi connectivity index (χ1v) is 33.3. The Balaban J connectivity index is 4.46. The summed E-state index contributed by atoms with van der Waals surface area (Å²) in [4.78, 5) is 38.4. The van der Waals surface area contributed by atoms with Gasteiger partial charge in [-0.1, -0.05) is 276 Å². The molecule has 0 amide bonds. The Kier molecular flexibility index (Phi) is 63.9. The Morgan fingerprint density at radius 2 is 0.481 bits per heavy atom. The smallest absolute Gasteiger partial charge is 0.306 e. The number of unbranched alkanes of at least 4 members (excludes halogenated alkanes) is 24. The van der Waals surface area contributed by atoms with Gasteiger partial charge in [0, 0.05) is 19.3 Å². The summed E-state index contributed by atoms with van der Waals surface area (Å²) in [6.07, 6.45) is 97.0. The lowest BCUT2D eigenvalue weighted by atomic mass is 10.1. The standard InChI is InChI=1S/C75H122O6/c1-4-7-10-13-16-19-22-25-28-31-33-35-36-37-38-40-41-44-47-50-53-56-59-62-65-68-74(77)80-71-72(70-79-73(76)67-64-61-58-55-52-49-46-43-30-27-24-21-18-15-12-9-6-3)81-75(78)69-66-63-60-57-54-51-48-45-42-39-34-32-29-26-23-20-17-14-11-8-5-2/h7-8,10-11,16-21,25-30,33-35,37-39,41,44,72H,4-6,9,12-15,22-24,31-32,36,40,42-43,45-71H2,1-3H3/b10-7-,11-8-,19-16-,20-17-,21-18-,28-25-,29-26-,30-27-,35-33-,38-37-,39-34-,44-41-. The van der Waals surface area contributed by atoms with Crippen LogP contribution in [0.25, 0.3) is 0 Å². The van der Waals surface area contributed by atoms with E-state index in [4.69, 9.17) is 14.2 Å². The van der Waals surface area contributed by atoms with Crippen LogP contribution < -0.4 is 0 Å². The van der Waals surface area contributed by atoms with E-state index in [9.17, 15) is 14.4 Å². The molecule has 0 aliphatic carbocycles. The van der Waals surface area contributed by atoms with E-state index in [1.807, 2.05) is 0 Å². The average molecular weight is 1120 g/mol. The molecular formula is C75H122O6. The van der Waals surface area contributed by atoms with Crippen LogP contribution in [0.1, 0.15) is 290 Å². The Hall–Kier alpha value is -4.71. The van der Waals surface area contributed by atoms with Crippen molar-refractivity contribution < 1.29 is 28.6 Å². The van der Waals surface area contributed by atoms with E-state index in [0.29, 0.717) is 19.3 Å². The zero-order valence-electron chi connectivity index (χ0n) is 52.5. The maximum Gasteiger partial charge on any atom is 0.306 e. The number of carbonyl (C=O) groups is 3. The molecular weight excluding hydrogens is 997 g/mol. The minimum Gasteiger partial charge on any atom is -0.462 e. The highest BCUT2D eigenvalue weighted by atomic mass is 16.6. The Bertz CT molecular complexity index is 1760. The summed E-state index contributed by atoms with van der Waals surface area (Å²) < 4.78 is 16.9. The average Bonchev–Trinajstić information content (AvgIpc) is 3.47. The summed E-state index contributed by atoms with van der Waals surface area (Å²) in [7, 11) is 0. The van der Waals surface area contributed by atoms with Gasteiger partial charge in [0.25, 0.3) is 0 Å². The third kappa shape index (κ3) is 66.0. The van der Waals surface area contributed by atoms with Crippen molar-refractivity contribution in [2.45, 2.75) is 297 Å². The molecule has 0 rings (SSSR count). The molecule has 6 nitrogen and oxygen atoms in total. The van der Waals surface area contributed by atoms with Crippen LogP contribution >= 0.6 is 0 Å². The van der Waals surface area contributed by atoms with E-state index >= 15 is 0 Å². The van der Waals surface area contributed by atoms with Crippen molar-refractivity contribution in [3.05, 3.63) is 146 Å². The molecule has 0 saturated carbocycles. The van der Waals surface area contributed by atoms with Crippen molar-refractivity contribution in [2.24, 2.45) is 0 Å². The molecule has 0 aromatic carbocycles. The lowest BCUT2D eigenvalue weighted by Gasteiger charge is -2.18. The maximum atomic E-state index is 12.9. The molecule has 81 heavy (non-hydrogen) atoms. The van der Waals surface area contributed by atoms with Crippen LogP contribution in [0.2, 0.25) is 0 Å². The van der Waals surface area contributed by atoms with Gasteiger partial charge < -0.3 is 14.2 Å². The number of rotatable bonds is 59. The summed E-state index contributed by atoms with van der Waals surface area (Å²) in [6, 6.07) is 0. The molecule has 0 aliphatic heterocycles. The summed E-state index contributed by atoms with van der Waals surface area (Å²) in [5.41, 5.74) is 0. The molecule has 0 aliphatic rings. The number of allylic oxidation sites excluding steroid dienone is 24. The van der Waals surface area contributed by atoms with E-state index in [2.05, 4.69) is 167 Å². The van der Waals surface area contributed by atoms with E-state index < -0.39 is 6.10 Å². The van der Waals surface area contributed by atoms with Crippen molar-refractivity contribution >= 4 is 17.9 Å². The number of esters is 3. The van der Waals surface area contributed by atoms with Crippen LogP contribution in [0, 0.1) is 0 Å². The van der Waals surface area contributed by atoms with Gasteiger partial charge >= 0.3 is 17.9 Å². The van der Waals surface area contributed by atoms with Gasteiger partial charge in [-0.2, -0.15) is 0 Å². The molecule has 6 heteroatoms. The lowest BCUT2D eigenvalue weighted by Crippen LogP contribution is -2.30. The second kappa shape index (κ2) is 67.8. The molecule has 0 saturated heterocycles. The monoisotopic (exact) mass is 1120 g/mol. The SMILES string of the molecule is CC/C=C\C/C=C\C/C=C\C/C=C\C/C=C\C/C=C\CCCCCCCCC(=O)OCC(COC(=O)CCCCCCCCC/C=C\C/C=C\CCCCC)OC(=O)CCCCCCCCCC/C=C\C/C=C\C/C=C\C/C=C\CC. The normalized spacial score (nSPS) is 13.1. The fraction of sp³-hybridized carbons (Fsp3) is 0.640. The fourth-order valence-electron chi connectivity index (χ4n) is 8.88. The summed E-state index contributed by atoms with van der Waals surface area (Å²) >= 11 is 0. The number of hydrogen-bond donors (Lipinski definition) is 0. The number of ether oxygens (including phenoxy) is 3. The molecule has 0 aromatic heterocycles. The largest absolute Gasteiger partial charge is 0.462 e. The van der Waals surface area contributed by atoms with E-state index in [1.165, 1.54) is 96.3 Å². The Labute approximate surface area is 499 Å². The highest BCUT2D eigenvalue weighted by Crippen LogP contribution is 2.15. The highest BCUT2D eigenvalue weighted by molar-refractivity contribution is 5.71. The van der Waals surface area contributed by atoms with Crippen LogP contribution in [0.5, 0.6) is 0 Å². The third-order valence-electron chi connectivity index (χ3n) is 13.8. The number of hydrogen-bond acceptors (Lipinski definition) is 6. The van der Waals surface area contributed by atoms with Crippen LogP contribution in [0.15, 0.2) is 146 Å². The lowest BCUT2D eigenvalue weighted by molar-refractivity contribution is -0.167. The first-order valence-electron chi connectivity index (χ1n) is 33.3. The van der Waals surface area contributed by atoms with Gasteiger partial charge in [-0.15, -0.1) is 0 Å². The molecule has 0 fully saturated rings. The minimum absolute atomic E-state index is 0.0948. The number of carbonyl (C=O) groups excluding carboxylic acids is 3. The maximum absolute atomic E-state index is 12.9. The molecule has 0 aromatic rings. The molecule has 0 bridgehead atoms. The first kappa shape index (κ1) is 76.3. The zero-order valence-corrected chi connectivity index (χ0v) is 52.5. The second-order valence-electron chi connectivity index (χ2n) is 21.6. The predicted octanol–water partition coefficient (Wildman–Crippen LogP) is 23.1. The van der Waals surface area contributed by atoms with Gasteiger partial charge in [-0.25, -0.2) is 0 Å². The highest BCUT2D eigenvalue weighted by Gasteiger charge is 2.19. The first-order chi connectivity index (χ1) is 40.0. The van der Waals surface area contributed by atoms with Gasteiger partial charge in [0.1, 0.15) is 13.2 Å². The topological polar surface area (TPSA) is 78.9 Å². The van der Waals surface area contributed by atoms with Gasteiger partial charge in [-0.05, 0) is 141 Å². The molecule has 0 heterocycles. The second-order valence-corrected chi connectivity index (χ2v) is 21.6. The van der Waals surface area contributed by atoms with E-state index in [0.717, 1.165) is 154 Å². The fourth-order valence-corrected chi connectivity index (χ4v) is 8.88. The third-order valence-corrected chi connectivity index (χ3v) is 13.8. The summed E-state index contributed by atoms with van der Waals surface area (Å²) in [5, 5.41) is 0. The van der Waals surface area contributed by atoms with Gasteiger partial charge in [-0.3, -0.25) is 14.4 Å². The predicted molar refractivity (Wildman–Crippen MR) is 352 cm³/mol. The van der Waals surface area contributed by atoms with Crippen molar-refractivity contribution in [3.63, 3.8) is 0 Å². The van der Waals surface area contributed by atoms with Crippen molar-refractivity contribution in [1.29, 1.82) is 0 Å². The van der Waals surface area contributed by atoms with Crippen molar-refractivity contribution in [3.8, 4) is 0 Å². The summed E-state index contributed by atoms with van der Waals surface area (Å²) in [5.74, 6) is -0.922. The van der Waals surface area contributed by atoms with E-state index in [-0.39, 0.29) is 31.1 Å². The van der Waals surface area contributed by atoms with Crippen molar-refractivity contribution in [2.75, 3.05) is 13.2 Å². The van der Waals surface area contributed by atoms with Crippen LogP contribution in [0.4, 0.5) is 0 Å². The minimum atomic E-state index is -0.801. The molecule has 1 atom stereocenters. The van der Waals surface area contributed by atoms with E-state index in [1.54, 1.807) is 0 Å². The molecule has 1 unspecified atom stereocenters. The zero-order chi connectivity index (χ0) is 58.5. The Morgan fingerprint density at radius 3 is 0.753 bits per heavy atom. The van der Waals surface area contributed by atoms with Gasteiger partial charge in [0.05, 0.1) is 0 Å². The van der Waals surface area contributed by atoms with Crippen LogP contribution in [-0.2, 0) is 28.6 Å². The van der Waals surface area contributed by atoms with Crippen LogP contribution in [-0.4, -0.2) is 37.2 Å². The molecule has 0 radical (unpaired) electrons. The van der Waals surface area contributed by atoms with Crippen molar-refractivity contribution in [1.82, 2.24) is 0 Å². The molecule has 0 spiro atoms.